The molecule has 2 fully saturated rings. The second-order valence-electron chi connectivity index (χ2n) is 6.22. The number of methoxy groups -OCH3 is 1. The van der Waals surface area contributed by atoms with Crippen molar-refractivity contribution in [2.24, 2.45) is 11.8 Å². The quantitative estimate of drug-likeness (QED) is 0.574. The second kappa shape index (κ2) is 9.54. The SMILES string of the molecule is COCCNCC(=CC1CCCOC1)C1CCCCC1. The van der Waals surface area contributed by atoms with Crippen LogP contribution in [0.2, 0.25) is 0 Å². The van der Waals surface area contributed by atoms with Gasteiger partial charge in [-0.1, -0.05) is 30.9 Å². The van der Waals surface area contributed by atoms with E-state index in [1.165, 1.54) is 44.9 Å². The molecule has 1 heterocycles. The Morgan fingerprint density at radius 2 is 2.05 bits per heavy atom. The van der Waals surface area contributed by atoms with Gasteiger partial charge in [0.2, 0.25) is 0 Å². The minimum Gasteiger partial charge on any atom is -0.383 e. The van der Waals surface area contributed by atoms with Gasteiger partial charge in [-0.25, -0.2) is 0 Å². The van der Waals surface area contributed by atoms with Crippen molar-refractivity contribution in [1.82, 2.24) is 5.32 Å². The maximum atomic E-state index is 5.63. The number of nitrogens with one attached hydrogen (secondary N) is 1. The standard InChI is InChI=1S/C17H31NO2/c1-19-11-9-18-13-17(16-7-3-2-4-8-16)12-15-6-5-10-20-14-15/h12,15-16,18H,2-11,13-14H2,1H3. The van der Waals surface area contributed by atoms with Crippen LogP contribution < -0.4 is 5.32 Å². The molecule has 3 nitrogen and oxygen atoms in total. The first-order valence-electron chi connectivity index (χ1n) is 8.38. The van der Waals surface area contributed by atoms with Gasteiger partial charge in [0.15, 0.2) is 0 Å². The lowest BCUT2D eigenvalue weighted by Crippen LogP contribution is -2.26. The fraction of sp³-hybridized carbons (Fsp3) is 0.882. The molecule has 116 valence electrons. The second-order valence-corrected chi connectivity index (χ2v) is 6.22. The summed E-state index contributed by atoms with van der Waals surface area (Å²) in [4.78, 5) is 0. The van der Waals surface area contributed by atoms with Crippen LogP contribution >= 0.6 is 0 Å². The van der Waals surface area contributed by atoms with Gasteiger partial charge in [0.05, 0.1) is 13.2 Å². The van der Waals surface area contributed by atoms with Crippen LogP contribution in [-0.4, -0.2) is 40.0 Å². The van der Waals surface area contributed by atoms with Crippen LogP contribution in [0.15, 0.2) is 11.6 Å². The first kappa shape index (κ1) is 16.0. The van der Waals surface area contributed by atoms with E-state index in [2.05, 4.69) is 11.4 Å². The van der Waals surface area contributed by atoms with Crippen molar-refractivity contribution in [1.29, 1.82) is 0 Å². The lowest BCUT2D eigenvalue weighted by molar-refractivity contribution is 0.0704. The van der Waals surface area contributed by atoms with Crippen LogP contribution in [-0.2, 0) is 9.47 Å². The fourth-order valence-electron chi connectivity index (χ4n) is 3.42. The van der Waals surface area contributed by atoms with Crippen molar-refractivity contribution in [3.63, 3.8) is 0 Å². The third-order valence-electron chi connectivity index (χ3n) is 4.59. The maximum absolute atomic E-state index is 5.63. The number of hydrogen-bond acceptors (Lipinski definition) is 3. The average Bonchev–Trinajstić information content (AvgIpc) is 2.52. The van der Waals surface area contributed by atoms with Crippen LogP contribution in [0.3, 0.4) is 0 Å². The van der Waals surface area contributed by atoms with Crippen molar-refractivity contribution in [3.8, 4) is 0 Å². The molecule has 20 heavy (non-hydrogen) atoms. The molecule has 0 bridgehead atoms. The van der Waals surface area contributed by atoms with Crippen LogP contribution in [0.25, 0.3) is 0 Å². The minimum absolute atomic E-state index is 0.643. The van der Waals surface area contributed by atoms with Gasteiger partial charge >= 0.3 is 0 Å². The van der Waals surface area contributed by atoms with Gasteiger partial charge in [0.1, 0.15) is 0 Å². The zero-order valence-electron chi connectivity index (χ0n) is 13.0. The summed E-state index contributed by atoms with van der Waals surface area (Å²) >= 11 is 0. The van der Waals surface area contributed by atoms with Gasteiger partial charge in [-0.05, 0) is 31.6 Å². The predicted molar refractivity (Wildman–Crippen MR) is 82.9 cm³/mol. The largest absolute Gasteiger partial charge is 0.383 e. The molecular formula is C17H31NO2. The summed E-state index contributed by atoms with van der Waals surface area (Å²) < 4.78 is 10.7. The lowest BCUT2D eigenvalue weighted by atomic mass is 9.82. The first-order chi connectivity index (χ1) is 9.90. The summed E-state index contributed by atoms with van der Waals surface area (Å²) in [5, 5.41) is 3.54. The number of ether oxygens (including phenoxy) is 2. The Hall–Kier alpha value is -0.380. The van der Waals surface area contributed by atoms with Gasteiger partial charge in [-0.15, -0.1) is 0 Å². The van der Waals surface area contributed by atoms with Crippen molar-refractivity contribution in [2.75, 3.05) is 40.0 Å². The van der Waals surface area contributed by atoms with Gasteiger partial charge in [0.25, 0.3) is 0 Å². The summed E-state index contributed by atoms with van der Waals surface area (Å²) in [6, 6.07) is 0. The summed E-state index contributed by atoms with van der Waals surface area (Å²) in [5.74, 6) is 1.45. The molecule has 1 unspecified atom stereocenters. The highest BCUT2D eigenvalue weighted by atomic mass is 16.5. The van der Waals surface area contributed by atoms with Crippen LogP contribution in [0.4, 0.5) is 0 Å². The molecule has 2 rings (SSSR count). The molecule has 0 aromatic heterocycles. The molecule has 1 aliphatic heterocycles. The summed E-state index contributed by atoms with van der Waals surface area (Å²) in [6.45, 7) is 4.65. The predicted octanol–water partition coefficient (Wildman–Crippen LogP) is 3.16. The highest BCUT2D eigenvalue weighted by Crippen LogP contribution is 2.31. The summed E-state index contributed by atoms with van der Waals surface area (Å²) in [7, 11) is 1.76. The van der Waals surface area contributed by atoms with Crippen molar-refractivity contribution in [2.45, 2.75) is 44.9 Å². The molecule has 1 saturated carbocycles. The molecule has 0 amide bonds. The minimum atomic E-state index is 0.643. The highest BCUT2D eigenvalue weighted by molar-refractivity contribution is 5.12. The Morgan fingerprint density at radius 1 is 1.20 bits per heavy atom. The van der Waals surface area contributed by atoms with E-state index in [-0.39, 0.29) is 0 Å². The molecule has 3 heteroatoms. The Kier molecular flexibility index (Phi) is 7.63. The van der Waals surface area contributed by atoms with Gasteiger partial charge in [-0.2, -0.15) is 0 Å². The Bertz CT molecular complexity index is 279. The molecule has 0 spiro atoms. The zero-order valence-corrected chi connectivity index (χ0v) is 13.0. The van der Waals surface area contributed by atoms with Crippen LogP contribution in [0.1, 0.15) is 44.9 Å². The van der Waals surface area contributed by atoms with E-state index in [9.17, 15) is 0 Å². The van der Waals surface area contributed by atoms with Crippen LogP contribution in [0.5, 0.6) is 0 Å². The average molecular weight is 281 g/mol. The molecular weight excluding hydrogens is 250 g/mol. The van der Waals surface area contributed by atoms with E-state index in [0.29, 0.717) is 5.92 Å². The third-order valence-corrected chi connectivity index (χ3v) is 4.59. The zero-order chi connectivity index (χ0) is 14.0. The van der Waals surface area contributed by atoms with Crippen molar-refractivity contribution >= 4 is 0 Å². The van der Waals surface area contributed by atoms with Gasteiger partial charge in [-0.3, -0.25) is 0 Å². The molecule has 1 aliphatic carbocycles. The lowest BCUT2D eigenvalue weighted by Gasteiger charge is -2.27. The third kappa shape index (κ3) is 5.55. The molecule has 1 atom stereocenters. The smallest absolute Gasteiger partial charge is 0.0587 e. The molecule has 0 aromatic rings. The first-order valence-corrected chi connectivity index (χ1v) is 8.38. The van der Waals surface area contributed by atoms with E-state index in [1.54, 1.807) is 12.7 Å². The molecule has 0 radical (unpaired) electrons. The monoisotopic (exact) mass is 281 g/mol. The van der Waals surface area contributed by atoms with Gasteiger partial charge in [0, 0.05) is 32.7 Å². The highest BCUT2D eigenvalue weighted by Gasteiger charge is 2.20. The summed E-state index contributed by atoms with van der Waals surface area (Å²) in [5.41, 5.74) is 1.64. The molecule has 2 aliphatic rings. The van der Waals surface area contributed by atoms with Crippen molar-refractivity contribution < 1.29 is 9.47 Å². The topological polar surface area (TPSA) is 30.5 Å². The van der Waals surface area contributed by atoms with Crippen molar-refractivity contribution in [3.05, 3.63) is 11.6 Å². The Balaban J connectivity index is 1.88. The van der Waals surface area contributed by atoms with E-state index in [1.807, 2.05) is 0 Å². The van der Waals surface area contributed by atoms with E-state index >= 15 is 0 Å². The summed E-state index contributed by atoms with van der Waals surface area (Å²) in [6.07, 6.45) is 12.0. The molecule has 1 N–H and O–H groups in total. The Morgan fingerprint density at radius 3 is 2.75 bits per heavy atom. The molecule has 1 saturated heterocycles. The molecule has 0 aromatic carbocycles. The normalized spacial score (nSPS) is 25.9. The number of hydrogen-bond donors (Lipinski definition) is 1. The van der Waals surface area contributed by atoms with Crippen LogP contribution in [0, 0.1) is 11.8 Å². The Labute approximate surface area is 124 Å². The number of rotatable bonds is 7. The fourth-order valence-corrected chi connectivity index (χ4v) is 3.42. The maximum Gasteiger partial charge on any atom is 0.0587 e. The van der Waals surface area contributed by atoms with E-state index in [4.69, 9.17) is 9.47 Å². The van der Waals surface area contributed by atoms with E-state index < -0.39 is 0 Å². The van der Waals surface area contributed by atoms with Gasteiger partial charge < -0.3 is 14.8 Å². The van der Waals surface area contributed by atoms with E-state index in [0.717, 1.165) is 38.8 Å².